The Hall–Kier alpha value is -2.81. The van der Waals surface area contributed by atoms with Crippen LogP contribution in [0.5, 0.6) is 5.75 Å². The first-order valence-electron chi connectivity index (χ1n) is 9.34. The summed E-state index contributed by atoms with van der Waals surface area (Å²) in [6.07, 6.45) is 0. The second-order valence-electron chi connectivity index (χ2n) is 7.96. The Morgan fingerprint density at radius 2 is 1.63 bits per heavy atom. The van der Waals surface area contributed by atoms with Crippen molar-refractivity contribution in [3.8, 4) is 5.75 Å². The van der Waals surface area contributed by atoms with Gasteiger partial charge in [-0.25, -0.2) is 0 Å². The molecule has 0 aromatic heterocycles. The SMILES string of the molecule is CC(NC(=O)COc1ccc2ccccc2c1)c1ccc(C(C)(C)C)cc1. The summed E-state index contributed by atoms with van der Waals surface area (Å²) in [6, 6.07) is 22.3. The molecule has 0 spiro atoms. The van der Waals surface area contributed by atoms with Crippen LogP contribution < -0.4 is 10.1 Å². The van der Waals surface area contributed by atoms with Gasteiger partial charge in [0.1, 0.15) is 5.75 Å². The molecule has 0 heterocycles. The second-order valence-corrected chi connectivity index (χ2v) is 7.96. The molecule has 0 saturated carbocycles. The van der Waals surface area contributed by atoms with Crippen LogP contribution in [0.2, 0.25) is 0 Å². The van der Waals surface area contributed by atoms with Crippen molar-refractivity contribution in [2.75, 3.05) is 6.61 Å². The second kappa shape index (κ2) is 7.83. The molecule has 3 aromatic carbocycles. The molecule has 1 unspecified atom stereocenters. The first-order chi connectivity index (χ1) is 12.8. The Morgan fingerprint density at radius 3 is 2.30 bits per heavy atom. The summed E-state index contributed by atoms with van der Waals surface area (Å²) in [6.45, 7) is 8.56. The van der Waals surface area contributed by atoms with E-state index in [1.54, 1.807) is 0 Å². The van der Waals surface area contributed by atoms with Gasteiger partial charge in [0.2, 0.25) is 0 Å². The Labute approximate surface area is 161 Å². The van der Waals surface area contributed by atoms with Crippen molar-refractivity contribution in [1.82, 2.24) is 5.32 Å². The lowest BCUT2D eigenvalue weighted by molar-refractivity contribution is -0.123. The van der Waals surface area contributed by atoms with Crippen LogP contribution in [-0.2, 0) is 10.2 Å². The molecule has 0 aliphatic heterocycles. The van der Waals surface area contributed by atoms with Gasteiger partial charge in [-0.3, -0.25) is 4.79 Å². The quantitative estimate of drug-likeness (QED) is 0.661. The number of carbonyl (C=O) groups excluding carboxylic acids is 1. The molecule has 3 rings (SSSR count). The molecule has 3 aromatic rings. The summed E-state index contributed by atoms with van der Waals surface area (Å²) in [5, 5.41) is 5.25. The average molecular weight is 361 g/mol. The summed E-state index contributed by atoms with van der Waals surface area (Å²) in [7, 11) is 0. The van der Waals surface area contributed by atoms with E-state index in [-0.39, 0.29) is 24.0 Å². The number of ether oxygens (including phenoxy) is 1. The van der Waals surface area contributed by atoms with Gasteiger partial charge in [0.15, 0.2) is 6.61 Å². The lowest BCUT2D eigenvalue weighted by atomic mass is 9.86. The van der Waals surface area contributed by atoms with Crippen LogP contribution >= 0.6 is 0 Å². The van der Waals surface area contributed by atoms with Crippen LogP contribution in [0.4, 0.5) is 0 Å². The van der Waals surface area contributed by atoms with Crippen LogP contribution in [0.1, 0.15) is 44.9 Å². The standard InChI is InChI=1S/C24H27NO2/c1-17(18-9-12-21(13-10-18)24(2,3)4)25-23(26)16-27-22-14-11-19-7-5-6-8-20(19)15-22/h5-15,17H,16H2,1-4H3,(H,25,26). The number of fused-ring (bicyclic) bond motifs is 1. The molecule has 0 bridgehead atoms. The van der Waals surface area contributed by atoms with Crippen molar-refractivity contribution in [1.29, 1.82) is 0 Å². The van der Waals surface area contributed by atoms with Crippen molar-refractivity contribution >= 4 is 16.7 Å². The van der Waals surface area contributed by atoms with Gasteiger partial charge < -0.3 is 10.1 Å². The van der Waals surface area contributed by atoms with Crippen LogP contribution in [-0.4, -0.2) is 12.5 Å². The molecule has 0 aliphatic rings. The van der Waals surface area contributed by atoms with Gasteiger partial charge in [-0.1, -0.05) is 75.4 Å². The summed E-state index contributed by atoms with van der Waals surface area (Å²) in [5.74, 6) is 0.571. The van der Waals surface area contributed by atoms with Crippen molar-refractivity contribution in [3.05, 3.63) is 77.9 Å². The maximum atomic E-state index is 12.3. The molecule has 27 heavy (non-hydrogen) atoms. The van der Waals surface area contributed by atoms with Gasteiger partial charge in [-0.15, -0.1) is 0 Å². The lowest BCUT2D eigenvalue weighted by Gasteiger charge is -2.20. The molecule has 140 valence electrons. The van der Waals surface area contributed by atoms with E-state index in [4.69, 9.17) is 4.74 Å². The van der Waals surface area contributed by atoms with Gasteiger partial charge >= 0.3 is 0 Å². The Bertz CT molecular complexity index is 923. The highest BCUT2D eigenvalue weighted by Crippen LogP contribution is 2.24. The van der Waals surface area contributed by atoms with Gasteiger partial charge in [0.05, 0.1) is 6.04 Å². The number of rotatable bonds is 5. The van der Waals surface area contributed by atoms with Crippen molar-refractivity contribution < 1.29 is 9.53 Å². The number of benzene rings is 3. The van der Waals surface area contributed by atoms with E-state index in [9.17, 15) is 4.79 Å². The number of amides is 1. The number of hydrogen-bond acceptors (Lipinski definition) is 2. The van der Waals surface area contributed by atoms with E-state index < -0.39 is 0 Å². The predicted molar refractivity (Wildman–Crippen MR) is 111 cm³/mol. The predicted octanol–water partition coefficient (Wildman–Crippen LogP) is 5.39. The molecule has 0 radical (unpaired) electrons. The zero-order valence-electron chi connectivity index (χ0n) is 16.5. The third kappa shape index (κ3) is 4.88. The van der Waals surface area contributed by atoms with E-state index in [2.05, 4.69) is 56.4 Å². The topological polar surface area (TPSA) is 38.3 Å². The minimum absolute atomic E-state index is 0.00273. The summed E-state index contributed by atoms with van der Waals surface area (Å²) < 4.78 is 5.66. The monoisotopic (exact) mass is 361 g/mol. The lowest BCUT2D eigenvalue weighted by Crippen LogP contribution is -2.31. The first-order valence-corrected chi connectivity index (χ1v) is 9.34. The largest absolute Gasteiger partial charge is 0.484 e. The number of hydrogen-bond donors (Lipinski definition) is 1. The fourth-order valence-electron chi connectivity index (χ4n) is 3.04. The molecule has 1 atom stereocenters. The normalized spacial score (nSPS) is 12.6. The molecule has 1 amide bonds. The minimum Gasteiger partial charge on any atom is -0.484 e. The van der Waals surface area contributed by atoms with Gasteiger partial charge in [-0.05, 0) is 46.4 Å². The first kappa shape index (κ1) is 19.0. The zero-order valence-corrected chi connectivity index (χ0v) is 16.5. The van der Waals surface area contributed by atoms with Crippen molar-refractivity contribution in [2.45, 2.75) is 39.2 Å². The molecular formula is C24H27NO2. The molecule has 0 saturated heterocycles. The Morgan fingerprint density at radius 1 is 0.963 bits per heavy atom. The van der Waals surface area contributed by atoms with Gasteiger partial charge in [-0.2, -0.15) is 0 Å². The number of nitrogens with one attached hydrogen (secondary N) is 1. The Kier molecular flexibility index (Phi) is 5.50. The fourth-order valence-corrected chi connectivity index (χ4v) is 3.04. The van der Waals surface area contributed by atoms with Crippen LogP contribution in [0.25, 0.3) is 10.8 Å². The Balaban J connectivity index is 1.56. The van der Waals surface area contributed by atoms with E-state index >= 15 is 0 Å². The third-order valence-corrected chi connectivity index (χ3v) is 4.75. The minimum atomic E-state index is -0.129. The number of carbonyl (C=O) groups is 1. The van der Waals surface area contributed by atoms with Crippen molar-refractivity contribution in [2.24, 2.45) is 0 Å². The van der Waals surface area contributed by atoms with Crippen LogP contribution in [0.15, 0.2) is 66.7 Å². The highest BCUT2D eigenvalue weighted by molar-refractivity contribution is 5.84. The van der Waals surface area contributed by atoms with Gasteiger partial charge in [0.25, 0.3) is 5.91 Å². The average Bonchev–Trinajstić information content (AvgIpc) is 2.65. The maximum absolute atomic E-state index is 12.3. The van der Waals surface area contributed by atoms with Crippen molar-refractivity contribution in [3.63, 3.8) is 0 Å². The molecule has 0 fully saturated rings. The molecule has 0 aliphatic carbocycles. The van der Waals surface area contributed by atoms with E-state index in [0.717, 1.165) is 16.3 Å². The molecule has 3 heteroatoms. The summed E-state index contributed by atoms with van der Waals surface area (Å²) in [5.41, 5.74) is 2.49. The highest BCUT2D eigenvalue weighted by atomic mass is 16.5. The summed E-state index contributed by atoms with van der Waals surface area (Å²) >= 11 is 0. The molecule has 3 nitrogen and oxygen atoms in total. The molecule has 1 N–H and O–H groups in total. The zero-order chi connectivity index (χ0) is 19.4. The smallest absolute Gasteiger partial charge is 0.258 e. The van der Waals surface area contributed by atoms with Crippen LogP contribution in [0, 0.1) is 0 Å². The summed E-state index contributed by atoms with van der Waals surface area (Å²) in [4.78, 5) is 12.3. The van der Waals surface area contributed by atoms with E-state index in [0.29, 0.717) is 5.75 Å². The fraction of sp³-hybridized carbons (Fsp3) is 0.292. The third-order valence-electron chi connectivity index (χ3n) is 4.75. The van der Waals surface area contributed by atoms with Crippen LogP contribution in [0.3, 0.4) is 0 Å². The van der Waals surface area contributed by atoms with E-state index in [1.165, 1.54) is 5.56 Å². The molecular weight excluding hydrogens is 334 g/mol. The van der Waals surface area contributed by atoms with E-state index in [1.807, 2.05) is 43.3 Å². The highest BCUT2D eigenvalue weighted by Gasteiger charge is 2.15. The maximum Gasteiger partial charge on any atom is 0.258 e. The van der Waals surface area contributed by atoms with Gasteiger partial charge in [0, 0.05) is 0 Å².